The second-order valence-corrected chi connectivity index (χ2v) is 4.88. The number of nitrogens with zero attached hydrogens (tertiary/aromatic N) is 2. The zero-order valence-electron chi connectivity index (χ0n) is 11.1. The molecule has 2 aromatic rings. The van der Waals surface area contributed by atoms with Crippen LogP contribution < -0.4 is 4.74 Å². The smallest absolute Gasteiger partial charge is 0.226 e. The lowest BCUT2D eigenvalue weighted by atomic mass is 10.1. The quantitative estimate of drug-likeness (QED) is 0.868. The minimum absolute atomic E-state index is 0.188. The van der Waals surface area contributed by atoms with Gasteiger partial charge in [0.2, 0.25) is 5.90 Å². The molecular weight excluding hydrogens is 264 g/mol. The highest BCUT2D eigenvalue weighted by atomic mass is 16.5. The lowest BCUT2D eigenvalue weighted by Crippen LogP contribution is -2.21. The Hall–Kier alpha value is -2.88. The van der Waals surface area contributed by atoms with E-state index in [0.29, 0.717) is 11.5 Å². The van der Waals surface area contributed by atoms with Crippen LogP contribution in [0.4, 0.5) is 0 Å². The van der Waals surface area contributed by atoms with Crippen molar-refractivity contribution in [3.63, 3.8) is 0 Å². The first-order chi connectivity index (χ1) is 10.3. The standard InChI is InChI=1S/C17H12N2O2/c20-14-7-3-2-6-13(14)16-18-10-12-9-11-5-1-4-8-15(11)21-17(12)19-16/h1-10,16,20H. The Labute approximate surface area is 121 Å². The van der Waals surface area contributed by atoms with E-state index >= 15 is 0 Å². The number of hydrogen-bond donors (Lipinski definition) is 1. The maximum atomic E-state index is 9.92. The minimum atomic E-state index is -0.469. The highest BCUT2D eigenvalue weighted by Gasteiger charge is 2.24. The molecule has 0 aromatic heterocycles. The average Bonchev–Trinajstić information content (AvgIpc) is 2.53. The maximum absolute atomic E-state index is 9.92. The number of benzene rings is 2. The predicted molar refractivity (Wildman–Crippen MR) is 81.8 cm³/mol. The van der Waals surface area contributed by atoms with Gasteiger partial charge >= 0.3 is 0 Å². The molecule has 1 atom stereocenters. The Balaban J connectivity index is 1.75. The molecule has 4 heteroatoms. The number of rotatable bonds is 1. The van der Waals surface area contributed by atoms with Crippen molar-refractivity contribution in [3.8, 4) is 11.5 Å². The van der Waals surface area contributed by atoms with Gasteiger partial charge in [-0.05, 0) is 18.2 Å². The molecule has 0 fully saturated rings. The van der Waals surface area contributed by atoms with Crippen LogP contribution in [0.1, 0.15) is 17.3 Å². The summed E-state index contributed by atoms with van der Waals surface area (Å²) in [5, 5.41) is 9.92. The molecule has 0 bridgehead atoms. The fourth-order valence-electron chi connectivity index (χ4n) is 2.43. The molecule has 0 aliphatic carbocycles. The third-order valence-corrected chi connectivity index (χ3v) is 3.49. The summed E-state index contributed by atoms with van der Waals surface area (Å²) in [5.41, 5.74) is 2.53. The number of aromatic hydroxyl groups is 1. The molecule has 2 aliphatic heterocycles. The average molecular weight is 276 g/mol. The monoisotopic (exact) mass is 276 g/mol. The second-order valence-electron chi connectivity index (χ2n) is 4.88. The van der Waals surface area contributed by atoms with Crippen LogP contribution in [0.15, 0.2) is 64.1 Å². The van der Waals surface area contributed by atoms with Gasteiger partial charge in [-0.2, -0.15) is 0 Å². The first-order valence-electron chi connectivity index (χ1n) is 6.69. The molecule has 4 nitrogen and oxygen atoms in total. The van der Waals surface area contributed by atoms with Crippen molar-refractivity contribution < 1.29 is 9.84 Å². The van der Waals surface area contributed by atoms with E-state index in [2.05, 4.69) is 9.98 Å². The zero-order valence-corrected chi connectivity index (χ0v) is 11.1. The van der Waals surface area contributed by atoms with E-state index in [0.717, 1.165) is 16.9 Å². The Morgan fingerprint density at radius 2 is 1.81 bits per heavy atom. The third kappa shape index (κ3) is 2.01. The van der Waals surface area contributed by atoms with Crippen molar-refractivity contribution in [2.24, 2.45) is 9.98 Å². The number of phenols is 1. The maximum Gasteiger partial charge on any atom is 0.226 e. The number of ether oxygens (including phenoxy) is 1. The fraction of sp³-hybridized carbons (Fsp3) is 0.0588. The van der Waals surface area contributed by atoms with Gasteiger partial charge in [-0.15, -0.1) is 0 Å². The minimum Gasteiger partial charge on any atom is -0.508 e. The summed E-state index contributed by atoms with van der Waals surface area (Å²) in [5.74, 6) is 1.51. The van der Waals surface area contributed by atoms with Gasteiger partial charge in [0.05, 0.1) is 5.57 Å². The summed E-state index contributed by atoms with van der Waals surface area (Å²) in [6.45, 7) is 0. The molecule has 2 aliphatic rings. The van der Waals surface area contributed by atoms with Crippen LogP contribution in [0.25, 0.3) is 6.08 Å². The molecule has 2 heterocycles. The van der Waals surface area contributed by atoms with Crippen molar-refractivity contribution >= 4 is 18.2 Å². The Bertz CT molecular complexity index is 806. The van der Waals surface area contributed by atoms with E-state index in [1.54, 1.807) is 18.3 Å². The molecule has 0 saturated heterocycles. The van der Waals surface area contributed by atoms with E-state index < -0.39 is 6.17 Å². The summed E-state index contributed by atoms with van der Waals surface area (Å²) < 4.78 is 5.84. The van der Waals surface area contributed by atoms with Crippen molar-refractivity contribution in [1.29, 1.82) is 0 Å². The first-order valence-corrected chi connectivity index (χ1v) is 6.69. The molecule has 1 unspecified atom stereocenters. The second kappa shape index (κ2) is 4.59. The zero-order chi connectivity index (χ0) is 14.2. The molecule has 102 valence electrons. The summed E-state index contributed by atoms with van der Waals surface area (Å²) in [6.07, 6.45) is 3.28. The van der Waals surface area contributed by atoms with Gasteiger partial charge in [0, 0.05) is 17.3 Å². The molecule has 0 radical (unpaired) electrons. The third-order valence-electron chi connectivity index (χ3n) is 3.49. The van der Waals surface area contributed by atoms with Crippen molar-refractivity contribution in [1.82, 2.24) is 0 Å². The van der Waals surface area contributed by atoms with E-state index in [4.69, 9.17) is 4.74 Å². The summed E-state index contributed by atoms with van der Waals surface area (Å²) >= 11 is 0. The van der Waals surface area contributed by atoms with Crippen molar-refractivity contribution in [2.45, 2.75) is 6.17 Å². The largest absolute Gasteiger partial charge is 0.508 e. The van der Waals surface area contributed by atoms with E-state index in [1.807, 2.05) is 42.5 Å². The van der Waals surface area contributed by atoms with Gasteiger partial charge in [0.15, 0.2) is 6.17 Å². The number of para-hydroxylation sites is 2. The number of hydrogen-bond acceptors (Lipinski definition) is 4. The molecule has 0 amide bonds. The van der Waals surface area contributed by atoms with Crippen LogP contribution in [0, 0.1) is 0 Å². The highest BCUT2D eigenvalue weighted by Crippen LogP contribution is 2.33. The normalized spacial score (nSPS) is 19.0. The number of fused-ring (bicyclic) bond motifs is 2. The van der Waals surface area contributed by atoms with E-state index in [1.165, 1.54) is 0 Å². The van der Waals surface area contributed by atoms with Crippen LogP contribution >= 0.6 is 0 Å². The Morgan fingerprint density at radius 3 is 2.71 bits per heavy atom. The Morgan fingerprint density at radius 1 is 1.00 bits per heavy atom. The topological polar surface area (TPSA) is 54.2 Å². The van der Waals surface area contributed by atoms with Crippen LogP contribution in [-0.4, -0.2) is 17.2 Å². The highest BCUT2D eigenvalue weighted by molar-refractivity contribution is 6.19. The van der Waals surface area contributed by atoms with Crippen molar-refractivity contribution in [2.75, 3.05) is 0 Å². The fourth-order valence-corrected chi connectivity index (χ4v) is 2.43. The van der Waals surface area contributed by atoms with Gasteiger partial charge < -0.3 is 9.84 Å². The molecule has 0 spiro atoms. The summed E-state index contributed by atoms with van der Waals surface area (Å²) in [6, 6.07) is 14.9. The Kier molecular flexibility index (Phi) is 2.60. The SMILES string of the molecule is Oc1ccccc1C1N=CC2=Cc3ccccc3OC2=N1. The number of phenolic OH excluding ortho intramolecular Hbond substituents is 1. The van der Waals surface area contributed by atoms with Gasteiger partial charge in [-0.25, -0.2) is 4.99 Å². The van der Waals surface area contributed by atoms with Gasteiger partial charge in [-0.1, -0.05) is 36.4 Å². The molecule has 4 rings (SSSR count). The van der Waals surface area contributed by atoms with Gasteiger partial charge in [0.25, 0.3) is 0 Å². The molecule has 2 aromatic carbocycles. The molecule has 1 N–H and O–H groups in total. The van der Waals surface area contributed by atoms with E-state index in [-0.39, 0.29) is 5.75 Å². The van der Waals surface area contributed by atoms with Gasteiger partial charge in [0.1, 0.15) is 11.5 Å². The van der Waals surface area contributed by atoms with Crippen LogP contribution in [-0.2, 0) is 0 Å². The summed E-state index contributed by atoms with van der Waals surface area (Å²) in [4.78, 5) is 8.90. The number of aliphatic imine (C=N–C) groups is 2. The molecular formula is C17H12N2O2. The van der Waals surface area contributed by atoms with E-state index in [9.17, 15) is 5.11 Å². The molecule has 0 saturated carbocycles. The summed E-state index contributed by atoms with van der Waals surface area (Å²) in [7, 11) is 0. The predicted octanol–water partition coefficient (Wildman–Crippen LogP) is 3.35. The van der Waals surface area contributed by atoms with Crippen LogP contribution in [0.3, 0.4) is 0 Å². The van der Waals surface area contributed by atoms with Crippen LogP contribution in [0.5, 0.6) is 11.5 Å². The molecule has 21 heavy (non-hydrogen) atoms. The van der Waals surface area contributed by atoms with Gasteiger partial charge in [-0.3, -0.25) is 4.99 Å². The lowest BCUT2D eigenvalue weighted by molar-refractivity contribution is 0.461. The van der Waals surface area contributed by atoms with Crippen LogP contribution in [0.2, 0.25) is 0 Å². The lowest BCUT2D eigenvalue weighted by Gasteiger charge is -2.22. The van der Waals surface area contributed by atoms with Crippen molar-refractivity contribution in [3.05, 3.63) is 65.2 Å². The first kappa shape index (κ1) is 11.9.